The first-order valence-electron chi connectivity index (χ1n) is 5.42. The van der Waals surface area contributed by atoms with Crippen molar-refractivity contribution in [3.8, 4) is 0 Å². The molecule has 7 nitrogen and oxygen atoms in total. The Morgan fingerprint density at radius 3 is 2.74 bits per heavy atom. The number of aromatic nitrogens is 2. The molecule has 1 aliphatic rings. The van der Waals surface area contributed by atoms with Crippen molar-refractivity contribution in [2.45, 2.75) is 17.5 Å². The zero-order chi connectivity index (χ0) is 14.2. The normalized spacial score (nSPS) is 22.8. The molecule has 104 valence electrons. The maximum atomic E-state index is 12.1. The van der Waals surface area contributed by atoms with Gasteiger partial charge in [-0.1, -0.05) is 23.8 Å². The second-order valence-corrected chi connectivity index (χ2v) is 6.25. The molecule has 1 aromatic rings. The first-order valence-corrected chi connectivity index (χ1v) is 7.28. The lowest BCUT2D eigenvalue weighted by atomic mass is 10.1. The van der Waals surface area contributed by atoms with Gasteiger partial charge in [-0.25, -0.2) is 13.1 Å². The molecule has 0 saturated heterocycles. The number of aryl methyl sites for hydroxylation is 1. The molecule has 0 radical (unpaired) electrons. The smallest absolute Gasteiger partial charge is 0.310 e. The second kappa shape index (κ2) is 4.95. The van der Waals surface area contributed by atoms with Gasteiger partial charge in [0.05, 0.1) is 17.1 Å². The zero-order valence-corrected chi connectivity index (χ0v) is 11.5. The summed E-state index contributed by atoms with van der Waals surface area (Å²) in [6.07, 6.45) is 4.42. The van der Waals surface area contributed by atoms with Gasteiger partial charge in [-0.05, 0) is 6.42 Å². The van der Waals surface area contributed by atoms with Crippen LogP contribution in [0.5, 0.6) is 0 Å². The van der Waals surface area contributed by atoms with Crippen molar-refractivity contribution in [1.29, 1.82) is 0 Å². The number of aliphatic carboxylic acids is 1. The van der Waals surface area contributed by atoms with Crippen molar-refractivity contribution in [1.82, 2.24) is 14.5 Å². The monoisotopic (exact) mass is 305 g/mol. The van der Waals surface area contributed by atoms with Gasteiger partial charge in [-0.15, -0.1) is 0 Å². The Labute approximate surface area is 114 Å². The predicted octanol–water partition coefficient (Wildman–Crippen LogP) is 0.381. The van der Waals surface area contributed by atoms with Crippen LogP contribution in [-0.4, -0.2) is 35.3 Å². The van der Waals surface area contributed by atoms with Gasteiger partial charge < -0.3 is 5.11 Å². The molecule has 1 aromatic heterocycles. The van der Waals surface area contributed by atoms with Gasteiger partial charge in [0.2, 0.25) is 0 Å². The van der Waals surface area contributed by atoms with E-state index in [0.717, 1.165) is 4.68 Å². The Bertz CT molecular complexity index is 618. The highest BCUT2D eigenvalue weighted by atomic mass is 35.5. The maximum Gasteiger partial charge on any atom is 0.310 e. The quantitative estimate of drug-likeness (QED) is 0.783. The van der Waals surface area contributed by atoms with Crippen molar-refractivity contribution in [2.75, 3.05) is 0 Å². The average molecular weight is 306 g/mol. The summed E-state index contributed by atoms with van der Waals surface area (Å²) in [6.45, 7) is 0. The van der Waals surface area contributed by atoms with E-state index in [0.29, 0.717) is 0 Å². The van der Waals surface area contributed by atoms with Crippen LogP contribution in [0.15, 0.2) is 23.4 Å². The number of carboxylic acid groups (broad SMARTS) is 1. The highest BCUT2D eigenvalue weighted by Gasteiger charge is 2.30. The molecule has 2 atom stereocenters. The first-order chi connectivity index (χ1) is 8.81. The van der Waals surface area contributed by atoms with Gasteiger partial charge in [0.15, 0.2) is 5.03 Å². The van der Waals surface area contributed by atoms with Crippen LogP contribution in [0.3, 0.4) is 0 Å². The van der Waals surface area contributed by atoms with Crippen LogP contribution < -0.4 is 4.72 Å². The molecule has 0 bridgehead atoms. The number of halogens is 1. The van der Waals surface area contributed by atoms with E-state index in [2.05, 4.69) is 9.82 Å². The molecule has 2 unspecified atom stereocenters. The number of carbonyl (C=O) groups is 1. The lowest BCUT2D eigenvalue weighted by Crippen LogP contribution is -2.34. The van der Waals surface area contributed by atoms with Crippen LogP contribution in [0.25, 0.3) is 0 Å². The Morgan fingerprint density at radius 1 is 1.58 bits per heavy atom. The lowest BCUT2D eigenvalue weighted by Gasteiger charge is -2.13. The van der Waals surface area contributed by atoms with E-state index in [9.17, 15) is 13.2 Å². The summed E-state index contributed by atoms with van der Waals surface area (Å²) in [4.78, 5) is 10.8. The van der Waals surface area contributed by atoms with Gasteiger partial charge in [-0.2, -0.15) is 5.10 Å². The van der Waals surface area contributed by atoms with E-state index >= 15 is 0 Å². The number of sulfonamides is 1. The molecule has 1 aliphatic carbocycles. The van der Waals surface area contributed by atoms with Crippen LogP contribution >= 0.6 is 11.6 Å². The molecular weight excluding hydrogens is 294 g/mol. The fraction of sp³-hybridized carbons (Fsp3) is 0.400. The average Bonchev–Trinajstić information content (AvgIpc) is 2.85. The van der Waals surface area contributed by atoms with Crippen molar-refractivity contribution < 1.29 is 18.3 Å². The topological polar surface area (TPSA) is 101 Å². The minimum absolute atomic E-state index is 0.0201. The molecule has 0 aliphatic heterocycles. The minimum Gasteiger partial charge on any atom is -0.481 e. The standard InChI is InChI=1S/C10H12ClN3O4S/c1-14-9(8(11)5-12-14)19(17,18)13-7-3-2-6(4-7)10(15)16/h2-3,5-7,13H,4H2,1H3,(H,15,16). The highest BCUT2D eigenvalue weighted by Crippen LogP contribution is 2.23. The number of hydrogen-bond acceptors (Lipinski definition) is 4. The minimum atomic E-state index is -3.84. The number of carboxylic acids is 1. The molecule has 1 heterocycles. The van der Waals surface area contributed by atoms with E-state index in [-0.39, 0.29) is 16.5 Å². The Hall–Kier alpha value is -1.38. The summed E-state index contributed by atoms with van der Waals surface area (Å²) in [6, 6.07) is -0.558. The molecule has 19 heavy (non-hydrogen) atoms. The molecule has 2 rings (SSSR count). The number of rotatable bonds is 4. The van der Waals surface area contributed by atoms with Crippen LogP contribution in [0.1, 0.15) is 6.42 Å². The summed E-state index contributed by atoms with van der Waals surface area (Å²) in [7, 11) is -2.37. The summed E-state index contributed by atoms with van der Waals surface area (Å²) >= 11 is 5.78. The van der Waals surface area contributed by atoms with Gasteiger partial charge >= 0.3 is 5.97 Å². The van der Waals surface area contributed by atoms with Crippen LogP contribution in [0.4, 0.5) is 0 Å². The van der Waals surface area contributed by atoms with Gasteiger partial charge in [0, 0.05) is 13.1 Å². The first kappa shape index (κ1) is 14.0. The Morgan fingerprint density at radius 2 is 2.26 bits per heavy atom. The van der Waals surface area contributed by atoms with Gasteiger partial charge in [-0.3, -0.25) is 9.48 Å². The molecule has 0 spiro atoms. The fourth-order valence-electron chi connectivity index (χ4n) is 1.93. The SMILES string of the molecule is Cn1ncc(Cl)c1S(=O)(=O)NC1C=CC(C(=O)O)C1. The van der Waals surface area contributed by atoms with Crippen molar-refractivity contribution in [3.63, 3.8) is 0 Å². The van der Waals surface area contributed by atoms with E-state index < -0.39 is 28.0 Å². The largest absolute Gasteiger partial charge is 0.481 e. The van der Waals surface area contributed by atoms with E-state index in [1.165, 1.54) is 25.4 Å². The zero-order valence-electron chi connectivity index (χ0n) is 9.95. The number of nitrogens with one attached hydrogen (secondary N) is 1. The van der Waals surface area contributed by atoms with E-state index in [1.807, 2.05) is 0 Å². The van der Waals surface area contributed by atoms with Crippen LogP contribution in [-0.2, 0) is 21.9 Å². The molecule has 0 fully saturated rings. The third-order valence-corrected chi connectivity index (χ3v) is 4.80. The van der Waals surface area contributed by atoms with Crippen LogP contribution in [0.2, 0.25) is 5.02 Å². The third-order valence-electron chi connectivity index (χ3n) is 2.80. The Balaban J connectivity index is 2.16. The summed E-state index contributed by atoms with van der Waals surface area (Å²) in [5.41, 5.74) is 0. The highest BCUT2D eigenvalue weighted by molar-refractivity contribution is 7.89. The van der Waals surface area contributed by atoms with E-state index in [4.69, 9.17) is 16.7 Å². The molecule has 2 N–H and O–H groups in total. The van der Waals surface area contributed by atoms with E-state index in [1.54, 1.807) is 0 Å². The molecule has 0 aromatic carbocycles. The molecule has 0 amide bonds. The summed E-state index contributed by atoms with van der Waals surface area (Å²) in [5.74, 6) is -1.65. The van der Waals surface area contributed by atoms with Gasteiger partial charge in [0.1, 0.15) is 0 Å². The second-order valence-electron chi connectivity index (χ2n) is 4.21. The maximum absolute atomic E-state index is 12.1. The van der Waals surface area contributed by atoms with Crippen LogP contribution in [0, 0.1) is 5.92 Å². The Kier molecular flexibility index (Phi) is 3.66. The van der Waals surface area contributed by atoms with Gasteiger partial charge in [0.25, 0.3) is 10.0 Å². The fourth-order valence-corrected chi connectivity index (χ4v) is 3.79. The number of nitrogens with zero attached hydrogens (tertiary/aromatic N) is 2. The number of hydrogen-bond donors (Lipinski definition) is 2. The van der Waals surface area contributed by atoms with Crippen molar-refractivity contribution in [2.24, 2.45) is 13.0 Å². The summed E-state index contributed by atoms with van der Waals surface area (Å²) < 4.78 is 27.8. The van der Waals surface area contributed by atoms with Crippen molar-refractivity contribution >= 4 is 27.6 Å². The van der Waals surface area contributed by atoms with Crippen molar-refractivity contribution in [3.05, 3.63) is 23.4 Å². The molecular formula is C10H12ClN3O4S. The third kappa shape index (κ3) is 2.80. The molecule has 9 heteroatoms. The lowest BCUT2D eigenvalue weighted by molar-refractivity contribution is -0.140. The molecule has 0 saturated carbocycles. The summed E-state index contributed by atoms with van der Waals surface area (Å²) in [5, 5.41) is 12.5. The predicted molar refractivity (Wildman–Crippen MR) is 67.2 cm³/mol.